The maximum absolute atomic E-state index is 14.1. The smallest absolute Gasteiger partial charge is 0.309 e. The minimum absolute atomic E-state index is 0.0509. The number of hydrogen-bond donors (Lipinski definition) is 4. The fourth-order valence-electron chi connectivity index (χ4n) is 3.66. The topological polar surface area (TPSA) is 99.2 Å². The summed E-state index contributed by atoms with van der Waals surface area (Å²) in [4.78, 5) is 27.2. The van der Waals surface area contributed by atoms with E-state index in [1.165, 1.54) is 11.0 Å². The van der Waals surface area contributed by atoms with Gasteiger partial charge in [-0.3, -0.25) is 9.59 Å². The second kappa shape index (κ2) is 10.7. The molecule has 1 fully saturated rings. The second-order valence-corrected chi connectivity index (χ2v) is 7.21. The van der Waals surface area contributed by atoms with Crippen LogP contribution in [-0.2, 0) is 9.59 Å². The number of halogens is 1. The van der Waals surface area contributed by atoms with Gasteiger partial charge in [0.1, 0.15) is 5.82 Å². The molecule has 2 aromatic rings. The average molecular weight is 419 g/mol. The highest BCUT2D eigenvalue weighted by Gasteiger charge is 2.32. The normalized spacial score (nSPS) is 15.6. The van der Waals surface area contributed by atoms with E-state index in [9.17, 15) is 14.0 Å². The Hall–Kier alpha value is -2.91. The van der Waals surface area contributed by atoms with Crippen molar-refractivity contribution in [1.29, 1.82) is 0 Å². The standard InChI is InChI=1S/C21H27FN4O4/c22-16-5-1-2-6-17(16)25-9-11-26(12-10-25)18(19-7-3-14-30-19)15-24-21(29)20(28)23-8-4-13-27/h1-3,5-7,14,18,27H,4,8-13,15H2,(H,23,28)(H,24,29)/p+1/t18-/m1/s1. The van der Waals surface area contributed by atoms with Gasteiger partial charge in [-0.15, -0.1) is 0 Å². The third kappa shape index (κ3) is 5.58. The summed E-state index contributed by atoms with van der Waals surface area (Å²) in [6, 6.07) is 10.2. The molecule has 0 spiro atoms. The van der Waals surface area contributed by atoms with Crippen molar-refractivity contribution in [1.82, 2.24) is 10.6 Å². The van der Waals surface area contributed by atoms with Gasteiger partial charge in [-0.1, -0.05) is 12.1 Å². The Bertz CT molecular complexity index is 822. The minimum Gasteiger partial charge on any atom is -0.463 e. The van der Waals surface area contributed by atoms with Gasteiger partial charge >= 0.3 is 11.8 Å². The van der Waals surface area contributed by atoms with E-state index in [1.54, 1.807) is 24.5 Å². The van der Waals surface area contributed by atoms with Crippen molar-refractivity contribution in [2.24, 2.45) is 0 Å². The zero-order valence-electron chi connectivity index (χ0n) is 16.8. The lowest BCUT2D eigenvalue weighted by Gasteiger charge is -2.37. The van der Waals surface area contributed by atoms with Gasteiger partial charge in [0.25, 0.3) is 0 Å². The van der Waals surface area contributed by atoms with E-state index in [2.05, 4.69) is 10.6 Å². The molecule has 162 valence electrons. The molecule has 0 aliphatic carbocycles. The molecule has 4 N–H and O–H groups in total. The van der Waals surface area contributed by atoms with Gasteiger partial charge in [0.2, 0.25) is 0 Å². The van der Waals surface area contributed by atoms with Crippen LogP contribution in [0.25, 0.3) is 0 Å². The number of carbonyl (C=O) groups is 2. The van der Waals surface area contributed by atoms with Crippen molar-refractivity contribution in [2.45, 2.75) is 12.5 Å². The molecule has 0 bridgehead atoms. The van der Waals surface area contributed by atoms with Crippen LogP contribution in [0.3, 0.4) is 0 Å². The van der Waals surface area contributed by atoms with Gasteiger partial charge in [0.05, 0.1) is 44.7 Å². The highest BCUT2D eigenvalue weighted by Crippen LogP contribution is 2.19. The van der Waals surface area contributed by atoms with E-state index in [0.29, 0.717) is 25.2 Å². The van der Waals surface area contributed by atoms with Crippen LogP contribution in [0.15, 0.2) is 47.1 Å². The third-order valence-electron chi connectivity index (χ3n) is 5.27. The monoisotopic (exact) mass is 419 g/mol. The van der Waals surface area contributed by atoms with Crippen LogP contribution in [0.4, 0.5) is 10.1 Å². The van der Waals surface area contributed by atoms with Crippen LogP contribution in [0.5, 0.6) is 0 Å². The van der Waals surface area contributed by atoms with Gasteiger partial charge in [0.15, 0.2) is 11.8 Å². The Labute approximate surface area is 174 Å². The molecule has 0 radical (unpaired) electrons. The Morgan fingerprint density at radius 2 is 1.87 bits per heavy atom. The summed E-state index contributed by atoms with van der Waals surface area (Å²) >= 11 is 0. The number of carbonyl (C=O) groups excluding carboxylic acids is 2. The molecule has 30 heavy (non-hydrogen) atoms. The lowest BCUT2D eigenvalue weighted by atomic mass is 10.1. The maximum atomic E-state index is 14.1. The average Bonchev–Trinajstić information content (AvgIpc) is 3.29. The first-order valence-corrected chi connectivity index (χ1v) is 10.1. The van der Waals surface area contributed by atoms with Gasteiger partial charge in [0, 0.05) is 13.2 Å². The number of anilines is 1. The SMILES string of the molecule is O=C(NCCCO)C(=O)NC[C@H](c1ccco1)[NH+]1CCN(c2ccccc2F)CC1. The molecule has 0 unspecified atom stereocenters. The van der Waals surface area contributed by atoms with Gasteiger partial charge in [-0.25, -0.2) is 4.39 Å². The first-order chi connectivity index (χ1) is 14.6. The molecule has 9 heteroatoms. The zero-order chi connectivity index (χ0) is 21.3. The van der Waals surface area contributed by atoms with Crippen LogP contribution < -0.4 is 20.4 Å². The Morgan fingerprint density at radius 1 is 1.13 bits per heavy atom. The quantitative estimate of drug-likeness (QED) is 0.341. The molecule has 1 aliphatic heterocycles. The third-order valence-corrected chi connectivity index (χ3v) is 5.27. The summed E-state index contributed by atoms with van der Waals surface area (Å²) in [5, 5.41) is 13.9. The zero-order valence-corrected chi connectivity index (χ0v) is 16.8. The van der Waals surface area contributed by atoms with E-state index >= 15 is 0 Å². The van der Waals surface area contributed by atoms with Gasteiger partial charge < -0.3 is 30.0 Å². The first kappa shape index (κ1) is 21.8. The number of aliphatic hydroxyl groups is 1. The molecule has 0 saturated carbocycles. The number of benzene rings is 1. The van der Waals surface area contributed by atoms with E-state index in [-0.39, 0.29) is 31.6 Å². The minimum atomic E-state index is -0.721. The second-order valence-electron chi connectivity index (χ2n) is 7.21. The highest BCUT2D eigenvalue weighted by atomic mass is 19.1. The number of quaternary nitrogens is 1. The molecule has 1 atom stereocenters. The summed E-state index contributed by atoms with van der Waals surface area (Å²) in [6.07, 6.45) is 1.98. The van der Waals surface area contributed by atoms with Crippen molar-refractivity contribution in [3.8, 4) is 0 Å². The highest BCUT2D eigenvalue weighted by molar-refractivity contribution is 6.35. The van der Waals surface area contributed by atoms with E-state index in [1.807, 2.05) is 17.0 Å². The predicted octanol–water partition coefficient (Wildman–Crippen LogP) is -0.520. The lowest BCUT2D eigenvalue weighted by Crippen LogP contribution is -3.15. The molecule has 2 amide bonds. The van der Waals surface area contributed by atoms with Gasteiger partial charge in [-0.05, 0) is 30.7 Å². The molecule has 1 aromatic heterocycles. The number of nitrogens with one attached hydrogen (secondary N) is 3. The van der Waals surface area contributed by atoms with Crippen LogP contribution in [0.1, 0.15) is 18.2 Å². The largest absolute Gasteiger partial charge is 0.463 e. The number of rotatable bonds is 8. The molecule has 3 rings (SSSR count). The number of furan rings is 1. The molecule has 1 aliphatic rings. The van der Waals surface area contributed by atoms with Crippen LogP contribution in [-0.4, -0.2) is 62.8 Å². The van der Waals surface area contributed by atoms with Crippen LogP contribution in [0.2, 0.25) is 0 Å². The molecular weight excluding hydrogens is 391 g/mol. The first-order valence-electron chi connectivity index (χ1n) is 10.1. The summed E-state index contributed by atoms with van der Waals surface area (Å²) < 4.78 is 19.7. The number of para-hydroxylation sites is 1. The van der Waals surface area contributed by atoms with Crippen LogP contribution >= 0.6 is 0 Å². The van der Waals surface area contributed by atoms with Crippen LogP contribution in [0, 0.1) is 5.82 Å². The number of amides is 2. The fourth-order valence-corrected chi connectivity index (χ4v) is 3.66. The Kier molecular flexibility index (Phi) is 7.81. The molecule has 1 aromatic carbocycles. The molecule has 8 nitrogen and oxygen atoms in total. The van der Waals surface area contributed by atoms with Gasteiger partial charge in [-0.2, -0.15) is 0 Å². The number of nitrogens with zero attached hydrogens (tertiary/aromatic N) is 1. The number of piperazine rings is 1. The number of hydrogen-bond acceptors (Lipinski definition) is 5. The Morgan fingerprint density at radius 3 is 2.53 bits per heavy atom. The summed E-state index contributed by atoms with van der Waals surface area (Å²) in [6.45, 7) is 3.25. The summed E-state index contributed by atoms with van der Waals surface area (Å²) in [7, 11) is 0. The lowest BCUT2D eigenvalue weighted by molar-refractivity contribution is -0.932. The fraction of sp³-hybridized carbons (Fsp3) is 0.429. The maximum Gasteiger partial charge on any atom is 0.309 e. The van der Waals surface area contributed by atoms with E-state index < -0.39 is 11.8 Å². The summed E-state index contributed by atoms with van der Waals surface area (Å²) in [5.74, 6) is -0.941. The van der Waals surface area contributed by atoms with Crippen molar-refractivity contribution < 1.29 is 28.4 Å². The molecular formula is C21H28FN4O4+. The molecule has 1 saturated heterocycles. The molecule has 2 heterocycles. The predicted molar refractivity (Wildman–Crippen MR) is 108 cm³/mol. The van der Waals surface area contributed by atoms with E-state index in [0.717, 1.165) is 18.8 Å². The van der Waals surface area contributed by atoms with E-state index in [4.69, 9.17) is 9.52 Å². The Balaban J connectivity index is 1.58. The van der Waals surface area contributed by atoms with Crippen molar-refractivity contribution >= 4 is 17.5 Å². The van der Waals surface area contributed by atoms with Crippen molar-refractivity contribution in [2.75, 3.05) is 50.8 Å². The summed E-state index contributed by atoms with van der Waals surface area (Å²) in [5.41, 5.74) is 0.596. The van der Waals surface area contributed by atoms with Crippen molar-refractivity contribution in [3.05, 3.63) is 54.2 Å². The van der Waals surface area contributed by atoms with Crippen molar-refractivity contribution in [3.63, 3.8) is 0 Å². The number of aliphatic hydroxyl groups excluding tert-OH is 1.